The Morgan fingerprint density at radius 3 is 2.52 bits per heavy atom. The average Bonchev–Trinajstić information content (AvgIpc) is 3.18. The first kappa shape index (κ1) is 15.5. The predicted octanol–water partition coefficient (Wildman–Crippen LogP) is 2.78. The van der Waals surface area contributed by atoms with Gasteiger partial charge in [0.25, 0.3) is 0 Å². The Hall–Kier alpha value is -0.430. The van der Waals surface area contributed by atoms with E-state index in [9.17, 15) is 8.42 Å². The second kappa shape index (κ2) is 5.99. The van der Waals surface area contributed by atoms with Crippen LogP contribution in [0, 0.1) is 5.92 Å². The molecule has 0 saturated heterocycles. The van der Waals surface area contributed by atoms with Crippen LogP contribution in [-0.4, -0.2) is 20.5 Å². The van der Waals surface area contributed by atoms with Gasteiger partial charge in [0.05, 0.1) is 4.90 Å². The number of hydrogen-bond donors (Lipinski definition) is 2. The van der Waals surface area contributed by atoms with Crippen molar-refractivity contribution in [1.82, 2.24) is 10.0 Å². The summed E-state index contributed by atoms with van der Waals surface area (Å²) in [4.78, 5) is 0.331. The van der Waals surface area contributed by atoms with Crippen LogP contribution >= 0.6 is 15.9 Å². The van der Waals surface area contributed by atoms with Gasteiger partial charge in [0, 0.05) is 23.1 Å². The summed E-state index contributed by atoms with van der Waals surface area (Å²) in [5.41, 5.74) is 1.10. The molecule has 4 nitrogen and oxygen atoms in total. The van der Waals surface area contributed by atoms with Gasteiger partial charge in [-0.05, 0) is 65.2 Å². The first-order valence-corrected chi connectivity index (χ1v) is 9.76. The summed E-state index contributed by atoms with van der Waals surface area (Å²) in [5, 5.41) is 3.43. The third kappa shape index (κ3) is 3.86. The third-order valence-electron chi connectivity index (χ3n) is 4.15. The van der Waals surface area contributed by atoms with Crippen molar-refractivity contribution in [2.75, 3.05) is 0 Å². The van der Waals surface area contributed by atoms with Crippen molar-refractivity contribution in [3.05, 3.63) is 28.2 Å². The van der Waals surface area contributed by atoms with Gasteiger partial charge in [-0.1, -0.05) is 13.0 Å². The molecule has 2 N–H and O–H groups in total. The van der Waals surface area contributed by atoms with E-state index in [1.807, 2.05) is 12.1 Å². The summed E-state index contributed by atoms with van der Waals surface area (Å²) in [6, 6.07) is 6.21. The zero-order valence-electron chi connectivity index (χ0n) is 12.1. The molecule has 2 saturated carbocycles. The second-order valence-corrected chi connectivity index (χ2v) is 8.85. The number of benzene rings is 1. The predicted molar refractivity (Wildman–Crippen MR) is 86.5 cm³/mol. The van der Waals surface area contributed by atoms with Crippen molar-refractivity contribution in [2.45, 2.75) is 56.1 Å². The Kier molecular flexibility index (Phi) is 4.41. The van der Waals surface area contributed by atoms with Crippen molar-refractivity contribution >= 4 is 26.0 Å². The number of nitrogens with one attached hydrogen (secondary N) is 2. The van der Waals surface area contributed by atoms with Crippen molar-refractivity contribution < 1.29 is 8.42 Å². The maximum atomic E-state index is 12.4. The van der Waals surface area contributed by atoms with E-state index in [4.69, 9.17) is 0 Å². The lowest BCUT2D eigenvalue weighted by Crippen LogP contribution is -2.43. The Balaban J connectivity index is 1.68. The van der Waals surface area contributed by atoms with Gasteiger partial charge < -0.3 is 5.32 Å². The molecule has 116 valence electrons. The van der Waals surface area contributed by atoms with Crippen LogP contribution in [0.15, 0.2) is 27.6 Å². The molecular formula is C15H21BrN2O2S. The smallest absolute Gasteiger partial charge is 0.241 e. The van der Waals surface area contributed by atoms with Crippen LogP contribution in [0.2, 0.25) is 0 Å². The minimum Gasteiger partial charge on any atom is -0.310 e. The minimum atomic E-state index is -3.43. The zero-order chi connectivity index (χ0) is 15.0. The zero-order valence-corrected chi connectivity index (χ0v) is 14.5. The van der Waals surface area contributed by atoms with Crippen LogP contribution in [0.4, 0.5) is 0 Å². The highest BCUT2D eigenvalue weighted by atomic mass is 79.9. The highest BCUT2D eigenvalue weighted by Crippen LogP contribution is 2.30. The maximum Gasteiger partial charge on any atom is 0.241 e. The van der Waals surface area contributed by atoms with E-state index >= 15 is 0 Å². The molecule has 6 heteroatoms. The Morgan fingerprint density at radius 2 is 1.95 bits per heavy atom. The van der Waals surface area contributed by atoms with E-state index in [0.29, 0.717) is 21.3 Å². The molecule has 1 aromatic carbocycles. The summed E-state index contributed by atoms with van der Waals surface area (Å²) >= 11 is 3.40. The molecule has 0 aromatic heterocycles. The largest absolute Gasteiger partial charge is 0.310 e. The molecule has 0 spiro atoms. The van der Waals surface area contributed by atoms with Crippen LogP contribution in [0.25, 0.3) is 0 Å². The van der Waals surface area contributed by atoms with E-state index in [1.54, 1.807) is 6.07 Å². The topological polar surface area (TPSA) is 58.2 Å². The lowest BCUT2D eigenvalue weighted by Gasteiger charge is -2.33. The van der Waals surface area contributed by atoms with Gasteiger partial charge >= 0.3 is 0 Å². The molecule has 0 atom stereocenters. The van der Waals surface area contributed by atoms with E-state index in [2.05, 4.69) is 32.9 Å². The SMILES string of the molecule is CC1CC(NS(=O)(=O)c2ccc(CNC3CC3)cc2Br)C1. The molecule has 0 unspecified atom stereocenters. The molecule has 0 radical (unpaired) electrons. The van der Waals surface area contributed by atoms with Gasteiger partial charge in [0.2, 0.25) is 10.0 Å². The molecule has 0 aliphatic heterocycles. The first-order chi connectivity index (χ1) is 9.94. The maximum absolute atomic E-state index is 12.4. The monoisotopic (exact) mass is 372 g/mol. The van der Waals surface area contributed by atoms with E-state index in [0.717, 1.165) is 24.9 Å². The molecule has 0 bridgehead atoms. The normalized spacial score (nSPS) is 25.6. The number of rotatable bonds is 6. The highest BCUT2D eigenvalue weighted by molar-refractivity contribution is 9.10. The summed E-state index contributed by atoms with van der Waals surface area (Å²) < 4.78 is 28.2. The van der Waals surface area contributed by atoms with Crippen molar-refractivity contribution in [2.24, 2.45) is 5.92 Å². The average molecular weight is 373 g/mol. The van der Waals surface area contributed by atoms with Gasteiger partial charge in [-0.2, -0.15) is 0 Å². The lowest BCUT2D eigenvalue weighted by atomic mass is 9.83. The second-order valence-electron chi connectivity index (χ2n) is 6.31. The van der Waals surface area contributed by atoms with E-state index < -0.39 is 10.0 Å². The molecule has 1 aromatic rings. The summed E-state index contributed by atoms with van der Waals surface area (Å²) in [5.74, 6) is 0.622. The quantitative estimate of drug-likeness (QED) is 0.806. The van der Waals surface area contributed by atoms with Gasteiger partial charge in [0.1, 0.15) is 0 Å². The van der Waals surface area contributed by atoms with E-state index in [1.165, 1.54) is 12.8 Å². The molecule has 3 rings (SSSR count). The fourth-order valence-electron chi connectivity index (χ4n) is 2.70. The Labute approximate surface area is 134 Å². The fourth-order valence-corrected chi connectivity index (χ4v) is 5.09. The first-order valence-electron chi connectivity index (χ1n) is 7.48. The number of sulfonamides is 1. The summed E-state index contributed by atoms with van der Waals surface area (Å²) in [6.45, 7) is 2.93. The molecule has 21 heavy (non-hydrogen) atoms. The Bertz CT molecular complexity index is 623. The molecule has 0 heterocycles. The van der Waals surface area contributed by atoms with Crippen LogP contribution in [-0.2, 0) is 16.6 Å². The molecule has 2 fully saturated rings. The standard InChI is InChI=1S/C15H21BrN2O2S/c1-10-6-13(7-10)18-21(19,20)15-5-2-11(8-14(15)16)9-17-12-3-4-12/h2,5,8,10,12-13,17-18H,3-4,6-7,9H2,1H3. The molecule has 0 amide bonds. The summed E-state index contributed by atoms with van der Waals surface area (Å²) in [7, 11) is -3.43. The van der Waals surface area contributed by atoms with Gasteiger partial charge in [-0.15, -0.1) is 0 Å². The highest BCUT2D eigenvalue weighted by Gasteiger charge is 2.30. The molecule has 2 aliphatic rings. The van der Waals surface area contributed by atoms with Crippen molar-refractivity contribution in [3.8, 4) is 0 Å². The van der Waals surface area contributed by atoms with Crippen molar-refractivity contribution in [3.63, 3.8) is 0 Å². The molecule has 2 aliphatic carbocycles. The van der Waals surface area contributed by atoms with Crippen LogP contribution in [0.3, 0.4) is 0 Å². The minimum absolute atomic E-state index is 0.0908. The van der Waals surface area contributed by atoms with Gasteiger partial charge in [-0.3, -0.25) is 0 Å². The lowest BCUT2D eigenvalue weighted by molar-refractivity contribution is 0.270. The summed E-state index contributed by atoms with van der Waals surface area (Å²) in [6.07, 6.45) is 4.36. The number of halogens is 1. The third-order valence-corrected chi connectivity index (χ3v) is 6.65. The van der Waals surface area contributed by atoms with E-state index in [-0.39, 0.29) is 6.04 Å². The molecular weight excluding hydrogens is 352 g/mol. The fraction of sp³-hybridized carbons (Fsp3) is 0.600. The van der Waals surface area contributed by atoms with Gasteiger partial charge in [-0.25, -0.2) is 13.1 Å². The Morgan fingerprint density at radius 1 is 1.24 bits per heavy atom. The number of hydrogen-bond acceptors (Lipinski definition) is 3. The van der Waals surface area contributed by atoms with Crippen molar-refractivity contribution in [1.29, 1.82) is 0 Å². The van der Waals surface area contributed by atoms with Gasteiger partial charge in [0.15, 0.2) is 0 Å². The van der Waals surface area contributed by atoms with Crippen LogP contribution in [0.5, 0.6) is 0 Å². The van der Waals surface area contributed by atoms with Crippen LogP contribution < -0.4 is 10.0 Å². The van der Waals surface area contributed by atoms with Crippen LogP contribution in [0.1, 0.15) is 38.2 Å².